The number of carbonyl (C=O) groups excluding carboxylic acids is 1. The van der Waals surface area contributed by atoms with Crippen LogP contribution in [0.5, 0.6) is 0 Å². The first-order chi connectivity index (χ1) is 15.2. The molecular formula is C29H52O3Si. The molecule has 0 aromatic carbocycles. The quantitative estimate of drug-likeness (QED) is 0.305. The molecule has 33 heavy (non-hydrogen) atoms. The fourth-order valence-corrected chi connectivity index (χ4v) is 10.4. The van der Waals surface area contributed by atoms with E-state index in [0.717, 1.165) is 24.7 Å². The van der Waals surface area contributed by atoms with Crippen molar-refractivity contribution in [1.82, 2.24) is 0 Å². The second kappa shape index (κ2) is 8.64. The molecule has 0 radical (unpaired) electrons. The molecule has 0 heterocycles. The predicted molar refractivity (Wildman–Crippen MR) is 139 cm³/mol. The Balaban J connectivity index is 1.59. The van der Waals surface area contributed by atoms with Crippen molar-refractivity contribution in [3.05, 3.63) is 0 Å². The zero-order valence-corrected chi connectivity index (χ0v) is 24.1. The molecule has 4 saturated carbocycles. The van der Waals surface area contributed by atoms with Crippen LogP contribution in [0.3, 0.4) is 0 Å². The standard InChI is InChI=1S/C29H52O3Si/c1-10-20-11-12-23-26-24(14-16-28(20,23)6)29(7)15-13-22(32-33(8,9)27(3,4)5)17-21(29)18-25(26)31-19(2)30/h20-26H,10-18H2,1-9H3/t20-,21-,22+,23?,24?,25+,26?,28+,29-/m0/s1. The summed E-state index contributed by atoms with van der Waals surface area (Å²) in [5, 5.41) is 0.248. The third-order valence-corrected chi connectivity index (χ3v) is 16.4. The topological polar surface area (TPSA) is 35.5 Å². The fraction of sp³-hybridized carbons (Fsp3) is 0.966. The molecule has 4 heteroatoms. The highest BCUT2D eigenvalue weighted by atomic mass is 28.4. The summed E-state index contributed by atoms with van der Waals surface area (Å²) in [6, 6.07) is 0. The minimum absolute atomic E-state index is 0.0791. The molecule has 9 atom stereocenters. The lowest BCUT2D eigenvalue weighted by Gasteiger charge is -2.63. The molecule has 0 aromatic rings. The second-order valence-electron chi connectivity index (χ2n) is 14.4. The van der Waals surface area contributed by atoms with Crippen LogP contribution in [0, 0.1) is 40.4 Å². The molecule has 3 unspecified atom stereocenters. The Morgan fingerprint density at radius 3 is 2.21 bits per heavy atom. The normalized spacial score (nSPS) is 45.7. The van der Waals surface area contributed by atoms with Gasteiger partial charge in [0.2, 0.25) is 0 Å². The Kier molecular flexibility index (Phi) is 6.74. The van der Waals surface area contributed by atoms with E-state index < -0.39 is 8.32 Å². The summed E-state index contributed by atoms with van der Waals surface area (Å²) in [6.07, 6.45) is 11.9. The molecule has 0 bridgehead atoms. The number of fused-ring (bicyclic) bond motifs is 5. The van der Waals surface area contributed by atoms with Gasteiger partial charge in [-0.15, -0.1) is 0 Å². The summed E-state index contributed by atoms with van der Waals surface area (Å²) in [7, 11) is -1.78. The van der Waals surface area contributed by atoms with Gasteiger partial charge in [-0.25, -0.2) is 0 Å². The molecule has 4 aliphatic carbocycles. The van der Waals surface area contributed by atoms with Gasteiger partial charge in [0.1, 0.15) is 6.10 Å². The van der Waals surface area contributed by atoms with Gasteiger partial charge in [0.15, 0.2) is 8.32 Å². The SMILES string of the molecule is CC[C@H]1CCC2C3C(CC[C@@]21C)[C@@]1(C)CC[C@@H](O[Si](C)(C)C(C)(C)C)C[C@H]1C[C@H]3OC(C)=O. The molecule has 4 rings (SSSR count). The summed E-state index contributed by atoms with van der Waals surface area (Å²) >= 11 is 0. The zero-order chi connectivity index (χ0) is 24.4. The number of rotatable bonds is 4. The van der Waals surface area contributed by atoms with Crippen LogP contribution >= 0.6 is 0 Å². The highest BCUT2D eigenvalue weighted by Crippen LogP contribution is 2.68. The molecule has 0 spiro atoms. The van der Waals surface area contributed by atoms with Crippen molar-refractivity contribution in [2.24, 2.45) is 40.4 Å². The number of esters is 1. The highest BCUT2D eigenvalue weighted by molar-refractivity contribution is 6.74. The number of hydrogen-bond donors (Lipinski definition) is 0. The molecular weight excluding hydrogens is 424 g/mol. The van der Waals surface area contributed by atoms with Crippen molar-refractivity contribution >= 4 is 14.3 Å². The van der Waals surface area contributed by atoms with Gasteiger partial charge in [-0.05, 0) is 104 Å². The molecule has 0 amide bonds. The average Bonchev–Trinajstić information content (AvgIpc) is 3.03. The summed E-state index contributed by atoms with van der Waals surface area (Å²) in [6.45, 7) is 21.0. The minimum atomic E-state index is -1.78. The van der Waals surface area contributed by atoms with Crippen molar-refractivity contribution in [2.75, 3.05) is 0 Å². The number of hydrogen-bond acceptors (Lipinski definition) is 3. The lowest BCUT2D eigenvalue weighted by Crippen LogP contribution is -2.59. The van der Waals surface area contributed by atoms with Crippen LogP contribution in [-0.2, 0) is 14.0 Å². The summed E-state index contributed by atoms with van der Waals surface area (Å²) in [5.74, 6) is 3.36. The van der Waals surface area contributed by atoms with Crippen molar-refractivity contribution in [3.8, 4) is 0 Å². The first-order valence-electron chi connectivity index (χ1n) is 14.1. The fourth-order valence-electron chi connectivity index (χ4n) is 8.97. The van der Waals surface area contributed by atoms with E-state index in [0.29, 0.717) is 34.7 Å². The van der Waals surface area contributed by atoms with Gasteiger partial charge in [0, 0.05) is 18.9 Å². The molecule has 3 nitrogen and oxygen atoms in total. The van der Waals surface area contributed by atoms with Crippen molar-refractivity contribution in [2.45, 2.75) is 137 Å². The van der Waals surface area contributed by atoms with Gasteiger partial charge in [-0.1, -0.05) is 48.0 Å². The molecule has 4 fully saturated rings. The van der Waals surface area contributed by atoms with Crippen molar-refractivity contribution in [1.29, 1.82) is 0 Å². The van der Waals surface area contributed by atoms with Crippen LogP contribution in [0.2, 0.25) is 18.1 Å². The Labute approximate surface area is 205 Å². The lowest BCUT2D eigenvalue weighted by atomic mass is 9.44. The molecule has 0 N–H and O–H groups in total. The van der Waals surface area contributed by atoms with Crippen LogP contribution in [0.1, 0.15) is 106 Å². The van der Waals surface area contributed by atoms with E-state index in [9.17, 15) is 4.79 Å². The molecule has 0 saturated heterocycles. The van der Waals surface area contributed by atoms with E-state index in [1.54, 1.807) is 6.92 Å². The zero-order valence-electron chi connectivity index (χ0n) is 23.1. The van der Waals surface area contributed by atoms with Crippen molar-refractivity contribution in [3.63, 3.8) is 0 Å². The van der Waals surface area contributed by atoms with Crippen LogP contribution in [-0.4, -0.2) is 26.5 Å². The molecule has 0 aromatic heterocycles. The maximum Gasteiger partial charge on any atom is 0.302 e. The van der Waals surface area contributed by atoms with Crippen LogP contribution in [0.25, 0.3) is 0 Å². The molecule has 190 valence electrons. The first-order valence-corrected chi connectivity index (χ1v) is 17.0. The summed E-state index contributed by atoms with van der Waals surface area (Å²) in [4.78, 5) is 12.2. The molecule has 0 aliphatic heterocycles. The third-order valence-electron chi connectivity index (χ3n) is 11.9. The van der Waals surface area contributed by atoms with E-state index >= 15 is 0 Å². The monoisotopic (exact) mass is 476 g/mol. The molecule has 4 aliphatic rings. The minimum Gasteiger partial charge on any atom is -0.462 e. The van der Waals surface area contributed by atoms with Gasteiger partial charge >= 0.3 is 5.97 Å². The van der Waals surface area contributed by atoms with E-state index in [1.165, 1.54) is 44.9 Å². The Morgan fingerprint density at radius 1 is 0.970 bits per heavy atom. The lowest BCUT2D eigenvalue weighted by molar-refractivity contribution is -0.192. The van der Waals surface area contributed by atoms with Crippen LogP contribution in [0.4, 0.5) is 0 Å². The number of carbonyl (C=O) groups is 1. The Hall–Kier alpha value is -0.353. The summed E-state index contributed by atoms with van der Waals surface area (Å²) < 4.78 is 13.1. The van der Waals surface area contributed by atoms with Gasteiger partial charge < -0.3 is 9.16 Å². The smallest absolute Gasteiger partial charge is 0.302 e. The Bertz CT molecular complexity index is 742. The Morgan fingerprint density at radius 2 is 1.61 bits per heavy atom. The van der Waals surface area contributed by atoms with Crippen LogP contribution in [0.15, 0.2) is 0 Å². The van der Waals surface area contributed by atoms with Gasteiger partial charge in [-0.3, -0.25) is 4.79 Å². The number of ether oxygens (including phenoxy) is 1. The van der Waals surface area contributed by atoms with Gasteiger partial charge in [0.05, 0.1) is 0 Å². The van der Waals surface area contributed by atoms with E-state index in [2.05, 4.69) is 54.6 Å². The van der Waals surface area contributed by atoms with Gasteiger partial charge in [-0.2, -0.15) is 0 Å². The maximum absolute atomic E-state index is 12.2. The van der Waals surface area contributed by atoms with E-state index in [4.69, 9.17) is 9.16 Å². The first kappa shape index (κ1) is 25.7. The van der Waals surface area contributed by atoms with Crippen LogP contribution < -0.4 is 0 Å². The van der Waals surface area contributed by atoms with Crippen molar-refractivity contribution < 1.29 is 14.0 Å². The average molecular weight is 477 g/mol. The highest BCUT2D eigenvalue weighted by Gasteiger charge is 2.63. The predicted octanol–water partition coefficient (Wildman–Crippen LogP) is 7.99. The van der Waals surface area contributed by atoms with E-state index in [-0.39, 0.29) is 17.1 Å². The van der Waals surface area contributed by atoms with Gasteiger partial charge in [0.25, 0.3) is 0 Å². The van der Waals surface area contributed by atoms with E-state index in [1.807, 2.05) is 0 Å². The maximum atomic E-state index is 12.2. The summed E-state index contributed by atoms with van der Waals surface area (Å²) in [5.41, 5.74) is 0.820. The third kappa shape index (κ3) is 4.28. The second-order valence-corrected chi connectivity index (χ2v) is 19.1. The largest absolute Gasteiger partial charge is 0.462 e.